The smallest absolute Gasteiger partial charge is 0.232 e. The molecule has 3 fully saturated rings. The van der Waals surface area contributed by atoms with Crippen LogP contribution in [0.2, 0.25) is 0 Å². The highest BCUT2D eigenvalue weighted by Gasteiger charge is 2.37. The molecule has 3 saturated heterocycles. The topological polar surface area (TPSA) is 119 Å². The molecule has 214 valence electrons. The molecule has 0 saturated carbocycles. The van der Waals surface area contributed by atoms with Crippen molar-refractivity contribution >= 4 is 55.6 Å². The number of sulfonamides is 1. The highest BCUT2D eigenvalue weighted by Crippen LogP contribution is 2.40. The quantitative estimate of drug-likeness (QED) is 0.300. The number of aromatic amines is 1. The van der Waals surface area contributed by atoms with Crippen molar-refractivity contribution in [3.63, 3.8) is 0 Å². The van der Waals surface area contributed by atoms with Gasteiger partial charge in [-0.15, -0.1) is 0 Å². The number of rotatable bonds is 7. The molecule has 12 heteroatoms. The first-order chi connectivity index (χ1) is 19.8. The zero-order valence-electron chi connectivity index (χ0n) is 23.4. The summed E-state index contributed by atoms with van der Waals surface area (Å²) in [6, 6.07) is 15.0. The van der Waals surface area contributed by atoms with Crippen molar-refractivity contribution in [3.05, 3.63) is 54.2 Å². The number of piperidine rings is 2. The number of H-pyrrole nitrogens is 1. The first kappa shape index (κ1) is 25.9. The van der Waals surface area contributed by atoms with Gasteiger partial charge in [0.25, 0.3) is 0 Å². The summed E-state index contributed by atoms with van der Waals surface area (Å²) >= 11 is 0. The molecule has 4 aliphatic heterocycles. The Hall–Kier alpha value is -4.03. The second kappa shape index (κ2) is 9.81. The molecule has 2 bridgehead atoms. The van der Waals surface area contributed by atoms with E-state index < -0.39 is 10.0 Å². The second-order valence-electron chi connectivity index (χ2n) is 11.1. The lowest BCUT2D eigenvalue weighted by Gasteiger charge is -2.51. The van der Waals surface area contributed by atoms with Gasteiger partial charge in [0.2, 0.25) is 16.0 Å². The molecule has 41 heavy (non-hydrogen) atoms. The Morgan fingerprint density at radius 1 is 1.02 bits per heavy atom. The van der Waals surface area contributed by atoms with Crippen LogP contribution in [-0.4, -0.2) is 80.4 Å². The van der Waals surface area contributed by atoms with Crippen LogP contribution in [-0.2, 0) is 16.4 Å². The standard InChI is InChI=1S/C29H34N8O3S/c1-35-16-21-8-7-20(35)17-36(21)19-9-10-23(25(15-19)40-2)32-29-33-27-22(11-13-30-27)28(34-29)31-24-6-4-5-18-12-14-37(26(18)24)41(3,38)39/h4-6,9-11,13,15,20-21H,7-8,12,14,16-17H2,1-3H3,(H3,30,31,32,33,34). The Morgan fingerprint density at radius 3 is 2.63 bits per heavy atom. The molecule has 0 aliphatic carbocycles. The van der Waals surface area contributed by atoms with Crippen molar-refractivity contribution in [1.82, 2.24) is 19.9 Å². The Labute approximate surface area is 239 Å². The van der Waals surface area contributed by atoms with Crippen molar-refractivity contribution in [1.29, 1.82) is 0 Å². The minimum Gasteiger partial charge on any atom is -0.494 e. The number of likely N-dealkylation sites (N-methyl/N-ethyl adjacent to an activating group) is 1. The number of hydrogen-bond acceptors (Lipinski definition) is 9. The monoisotopic (exact) mass is 574 g/mol. The summed E-state index contributed by atoms with van der Waals surface area (Å²) < 4.78 is 32.3. The van der Waals surface area contributed by atoms with E-state index in [0.717, 1.165) is 35.4 Å². The molecule has 0 amide bonds. The lowest BCUT2D eigenvalue weighted by atomic mass is 9.91. The number of hydrogen-bond donors (Lipinski definition) is 3. The van der Waals surface area contributed by atoms with Crippen LogP contribution in [0.1, 0.15) is 18.4 Å². The summed E-state index contributed by atoms with van der Waals surface area (Å²) in [6.45, 7) is 2.53. The van der Waals surface area contributed by atoms with Crippen LogP contribution in [0.4, 0.5) is 34.5 Å². The molecular weight excluding hydrogens is 540 g/mol. The molecule has 4 aromatic rings. The summed E-state index contributed by atoms with van der Waals surface area (Å²) in [4.78, 5) is 17.7. The predicted molar refractivity (Wildman–Crippen MR) is 163 cm³/mol. The average Bonchev–Trinajstić information content (AvgIpc) is 3.62. The van der Waals surface area contributed by atoms with E-state index in [4.69, 9.17) is 14.7 Å². The molecule has 3 N–H and O–H groups in total. The molecule has 8 rings (SSSR count). The van der Waals surface area contributed by atoms with Crippen molar-refractivity contribution in [2.45, 2.75) is 31.3 Å². The predicted octanol–water partition coefficient (Wildman–Crippen LogP) is 4.06. The maximum Gasteiger partial charge on any atom is 0.232 e. The number of nitrogens with one attached hydrogen (secondary N) is 3. The fourth-order valence-electron chi connectivity index (χ4n) is 6.51. The Morgan fingerprint density at radius 2 is 1.88 bits per heavy atom. The summed E-state index contributed by atoms with van der Waals surface area (Å²) in [6.07, 6.45) is 6.18. The second-order valence-corrected chi connectivity index (χ2v) is 13.1. The van der Waals surface area contributed by atoms with E-state index in [-0.39, 0.29) is 0 Å². The van der Waals surface area contributed by atoms with Gasteiger partial charge in [0.05, 0.1) is 35.8 Å². The van der Waals surface area contributed by atoms with Crippen LogP contribution in [0.5, 0.6) is 5.75 Å². The number of fused-ring (bicyclic) bond motifs is 5. The van der Waals surface area contributed by atoms with Crippen molar-refractivity contribution < 1.29 is 13.2 Å². The van der Waals surface area contributed by atoms with Crippen molar-refractivity contribution in [3.8, 4) is 5.75 Å². The first-order valence-corrected chi connectivity index (χ1v) is 15.8. The summed E-state index contributed by atoms with van der Waals surface area (Å²) in [5.74, 6) is 1.67. The molecule has 2 atom stereocenters. The lowest BCUT2D eigenvalue weighted by molar-refractivity contribution is 0.125. The number of nitrogens with zero attached hydrogens (tertiary/aromatic N) is 5. The van der Waals surface area contributed by atoms with Gasteiger partial charge in [-0.3, -0.25) is 9.21 Å². The Kier molecular flexibility index (Phi) is 6.20. The van der Waals surface area contributed by atoms with Gasteiger partial charge in [0.1, 0.15) is 17.2 Å². The number of anilines is 6. The molecular formula is C29H34N8O3S. The zero-order chi connectivity index (χ0) is 28.3. The fourth-order valence-corrected chi connectivity index (χ4v) is 7.48. The number of benzene rings is 2. The zero-order valence-corrected chi connectivity index (χ0v) is 24.2. The van der Waals surface area contributed by atoms with Crippen molar-refractivity contribution in [2.24, 2.45) is 0 Å². The van der Waals surface area contributed by atoms with Gasteiger partial charge in [-0.1, -0.05) is 12.1 Å². The van der Waals surface area contributed by atoms with Crippen LogP contribution in [0.25, 0.3) is 11.0 Å². The van der Waals surface area contributed by atoms with Gasteiger partial charge in [0, 0.05) is 49.7 Å². The summed E-state index contributed by atoms with van der Waals surface area (Å²) in [5.41, 5.74) is 4.91. The highest BCUT2D eigenvalue weighted by molar-refractivity contribution is 7.92. The van der Waals surface area contributed by atoms with Gasteiger partial charge < -0.3 is 25.3 Å². The number of methoxy groups -OCH3 is 1. The highest BCUT2D eigenvalue weighted by atomic mass is 32.2. The third-order valence-electron chi connectivity index (χ3n) is 8.59. The SMILES string of the molecule is COc1cc(N2CC3CCC2CN3C)ccc1Nc1nc(Nc2cccc3c2N(S(C)(=O)=O)CC3)c2cc[nH]c2n1. The van der Waals surface area contributed by atoms with E-state index in [1.165, 1.54) is 23.4 Å². The molecule has 2 aromatic heterocycles. The average molecular weight is 575 g/mol. The van der Waals surface area contributed by atoms with Crippen molar-refractivity contribution in [2.75, 3.05) is 59.9 Å². The van der Waals surface area contributed by atoms with Gasteiger partial charge >= 0.3 is 0 Å². The molecule has 4 aliphatic rings. The van der Waals surface area contributed by atoms with Crippen LogP contribution in [0.3, 0.4) is 0 Å². The first-order valence-electron chi connectivity index (χ1n) is 13.9. The third-order valence-corrected chi connectivity index (χ3v) is 9.75. The van der Waals surface area contributed by atoms with Gasteiger partial charge in [-0.25, -0.2) is 8.42 Å². The Balaban J connectivity index is 1.20. The van der Waals surface area contributed by atoms with Crippen LogP contribution in [0.15, 0.2) is 48.7 Å². The van der Waals surface area contributed by atoms with E-state index >= 15 is 0 Å². The van der Waals surface area contributed by atoms with E-state index in [1.54, 1.807) is 7.11 Å². The van der Waals surface area contributed by atoms with E-state index in [2.05, 4.69) is 44.6 Å². The fraction of sp³-hybridized carbons (Fsp3) is 0.379. The number of piperazine rings is 1. The summed E-state index contributed by atoms with van der Waals surface area (Å²) in [7, 11) is 0.479. The third kappa shape index (κ3) is 4.60. The minimum absolute atomic E-state index is 0.389. The molecule has 2 unspecified atom stereocenters. The lowest BCUT2D eigenvalue weighted by Crippen LogP contribution is -2.61. The molecule has 0 radical (unpaired) electrons. The van der Waals surface area contributed by atoms with Crippen LogP contribution >= 0.6 is 0 Å². The van der Waals surface area contributed by atoms with E-state index in [0.29, 0.717) is 59.6 Å². The minimum atomic E-state index is -3.41. The largest absolute Gasteiger partial charge is 0.494 e. The van der Waals surface area contributed by atoms with Crippen LogP contribution < -0.4 is 24.6 Å². The van der Waals surface area contributed by atoms with E-state index in [9.17, 15) is 8.42 Å². The molecule has 11 nitrogen and oxygen atoms in total. The van der Waals surface area contributed by atoms with Crippen LogP contribution in [0, 0.1) is 0 Å². The van der Waals surface area contributed by atoms with Gasteiger partial charge in [-0.2, -0.15) is 9.97 Å². The number of ether oxygens (including phenoxy) is 1. The molecule has 6 heterocycles. The maximum atomic E-state index is 12.5. The van der Waals surface area contributed by atoms with E-state index in [1.807, 2.05) is 36.5 Å². The van der Waals surface area contributed by atoms with Gasteiger partial charge in [-0.05, 0) is 56.1 Å². The molecule has 0 spiro atoms. The maximum absolute atomic E-state index is 12.5. The summed E-state index contributed by atoms with van der Waals surface area (Å²) in [5, 5.41) is 7.55. The molecule has 2 aromatic carbocycles. The normalized spacial score (nSPS) is 20.5. The number of para-hydroxylation sites is 1. The number of aromatic nitrogens is 3. The van der Waals surface area contributed by atoms with Gasteiger partial charge in [0.15, 0.2) is 0 Å². The Bertz CT molecular complexity index is 1740.